The van der Waals surface area contributed by atoms with E-state index in [1.807, 2.05) is 13.8 Å². The molecule has 88 valence electrons. The van der Waals surface area contributed by atoms with Gasteiger partial charge in [-0.05, 0) is 33.1 Å². The molecular weight excluding hydrogens is 186 g/mol. The van der Waals surface area contributed by atoms with Crippen molar-refractivity contribution in [1.29, 1.82) is 5.26 Å². The highest BCUT2D eigenvalue weighted by Gasteiger charge is 2.15. The lowest BCUT2D eigenvalue weighted by molar-refractivity contribution is 0.121. The van der Waals surface area contributed by atoms with Crippen LogP contribution < -0.4 is 0 Å². The van der Waals surface area contributed by atoms with E-state index in [9.17, 15) is 0 Å². The molecule has 0 amide bonds. The quantitative estimate of drug-likeness (QED) is 0.542. The molecule has 0 spiro atoms. The van der Waals surface area contributed by atoms with Crippen molar-refractivity contribution in [3.63, 3.8) is 0 Å². The Morgan fingerprint density at radius 3 is 2.33 bits per heavy atom. The van der Waals surface area contributed by atoms with Crippen LogP contribution in [0.1, 0.15) is 59.3 Å². The van der Waals surface area contributed by atoms with Crippen LogP contribution in [0.15, 0.2) is 0 Å². The number of nitriles is 1. The summed E-state index contributed by atoms with van der Waals surface area (Å²) < 4.78 is 5.51. The molecule has 2 heteroatoms. The van der Waals surface area contributed by atoms with Gasteiger partial charge < -0.3 is 4.74 Å². The highest BCUT2D eigenvalue weighted by molar-refractivity contribution is 4.91. The number of rotatable bonds is 9. The zero-order valence-corrected chi connectivity index (χ0v) is 10.5. The first-order valence-corrected chi connectivity index (χ1v) is 6.11. The fourth-order valence-electron chi connectivity index (χ4n) is 1.41. The second-order valence-electron chi connectivity index (χ2n) is 4.77. The smallest absolute Gasteiger partial charge is 0.0683 e. The van der Waals surface area contributed by atoms with Gasteiger partial charge in [-0.1, -0.05) is 26.2 Å². The number of nitrogens with zero attached hydrogens (tertiary/aromatic N) is 1. The van der Waals surface area contributed by atoms with Crippen molar-refractivity contribution in [2.75, 3.05) is 13.2 Å². The molecule has 0 aliphatic carbocycles. The molecule has 15 heavy (non-hydrogen) atoms. The maximum absolute atomic E-state index is 8.80. The van der Waals surface area contributed by atoms with Crippen molar-refractivity contribution in [2.24, 2.45) is 5.41 Å². The number of ether oxygens (including phenoxy) is 1. The maximum Gasteiger partial charge on any atom is 0.0683 e. The van der Waals surface area contributed by atoms with Crippen molar-refractivity contribution < 1.29 is 4.74 Å². The van der Waals surface area contributed by atoms with E-state index in [-0.39, 0.29) is 5.41 Å². The first-order chi connectivity index (χ1) is 7.12. The molecule has 0 N–H and O–H groups in total. The van der Waals surface area contributed by atoms with Crippen LogP contribution in [-0.2, 0) is 4.74 Å². The Morgan fingerprint density at radius 1 is 1.07 bits per heavy atom. The van der Waals surface area contributed by atoms with Crippen LogP contribution in [0.2, 0.25) is 0 Å². The van der Waals surface area contributed by atoms with Crippen molar-refractivity contribution in [3.8, 4) is 6.07 Å². The van der Waals surface area contributed by atoms with Crippen LogP contribution in [0.3, 0.4) is 0 Å². The van der Waals surface area contributed by atoms with Gasteiger partial charge in [-0.2, -0.15) is 5.26 Å². The van der Waals surface area contributed by atoms with Gasteiger partial charge in [0.25, 0.3) is 0 Å². The van der Waals surface area contributed by atoms with Crippen molar-refractivity contribution in [2.45, 2.75) is 59.3 Å². The zero-order valence-electron chi connectivity index (χ0n) is 10.5. The Hall–Kier alpha value is -0.550. The SMILES string of the molecule is CCCCCCOCCCC(C)(C)C#N. The standard InChI is InChI=1S/C13H25NO/c1-4-5-6-7-10-15-11-8-9-13(2,3)12-14/h4-11H2,1-3H3. The Kier molecular flexibility index (Phi) is 8.41. The van der Waals surface area contributed by atoms with Gasteiger partial charge in [-0.25, -0.2) is 0 Å². The minimum Gasteiger partial charge on any atom is -0.381 e. The first kappa shape index (κ1) is 14.5. The molecule has 0 saturated carbocycles. The minimum atomic E-state index is -0.189. The van der Waals surface area contributed by atoms with Gasteiger partial charge in [0.1, 0.15) is 0 Å². The summed E-state index contributed by atoms with van der Waals surface area (Å²) >= 11 is 0. The third-order valence-electron chi connectivity index (χ3n) is 2.54. The molecule has 0 rings (SSSR count). The molecular formula is C13H25NO. The second kappa shape index (κ2) is 8.73. The summed E-state index contributed by atoms with van der Waals surface area (Å²) in [5.41, 5.74) is -0.189. The lowest BCUT2D eigenvalue weighted by Crippen LogP contribution is -2.09. The van der Waals surface area contributed by atoms with Crippen molar-refractivity contribution >= 4 is 0 Å². The monoisotopic (exact) mass is 211 g/mol. The molecule has 0 bridgehead atoms. The average Bonchev–Trinajstić information content (AvgIpc) is 2.22. The number of unbranched alkanes of at least 4 members (excludes halogenated alkanes) is 3. The van der Waals surface area contributed by atoms with Crippen molar-refractivity contribution in [3.05, 3.63) is 0 Å². The summed E-state index contributed by atoms with van der Waals surface area (Å²) in [7, 11) is 0. The normalized spacial score (nSPS) is 11.3. The summed E-state index contributed by atoms with van der Waals surface area (Å²) in [5.74, 6) is 0. The summed E-state index contributed by atoms with van der Waals surface area (Å²) in [4.78, 5) is 0. The Labute approximate surface area is 94.6 Å². The van der Waals surface area contributed by atoms with Gasteiger partial charge >= 0.3 is 0 Å². The molecule has 0 atom stereocenters. The van der Waals surface area contributed by atoms with Crippen LogP contribution in [0.25, 0.3) is 0 Å². The van der Waals surface area contributed by atoms with Gasteiger partial charge in [-0.15, -0.1) is 0 Å². The van der Waals surface area contributed by atoms with Gasteiger partial charge in [0.2, 0.25) is 0 Å². The summed E-state index contributed by atoms with van der Waals surface area (Å²) in [6, 6.07) is 2.30. The molecule has 0 aliphatic heterocycles. The molecule has 0 aromatic rings. The highest BCUT2D eigenvalue weighted by Crippen LogP contribution is 2.20. The Morgan fingerprint density at radius 2 is 1.73 bits per heavy atom. The van der Waals surface area contributed by atoms with Gasteiger partial charge in [0.05, 0.1) is 11.5 Å². The minimum absolute atomic E-state index is 0.189. The average molecular weight is 211 g/mol. The number of hydrogen-bond acceptors (Lipinski definition) is 2. The molecule has 0 aliphatic rings. The van der Waals surface area contributed by atoms with Crippen LogP contribution in [-0.4, -0.2) is 13.2 Å². The van der Waals surface area contributed by atoms with E-state index in [0.717, 1.165) is 26.1 Å². The summed E-state index contributed by atoms with van der Waals surface area (Å²) in [5, 5.41) is 8.80. The maximum atomic E-state index is 8.80. The Bertz CT molecular complexity index is 181. The first-order valence-electron chi connectivity index (χ1n) is 6.11. The van der Waals surface area contributed by atoms with E-state index in [0.29, 0.717) is 0 Å². The number of hydrogen-bond donors (Lipinski definition) is 0. The van der Waals surface area contributed by atoms with E-state index in [1.165, 1.54) is 25.7 Å². The summed E-state index contributed by atoms with van der Waals surface area (Å²) in [6.45, 7) is 7.86. The van der Waals surface area contributed by atoms with Gasteiger partial charge in [0, 0.05) is 13.2 Å². The third-order valence-corrected chi connectivity index (χ3v) is 2.54. The predicted octanol–water partition coefficient (Wildman–Crippen LogP) is 3.91. The van der Waals surface area contributed by atoms with Gasteiger partial charge in [0.15, 0.2) is 0 Å². The van der Waals surface area contributed by atoms with Crippen LogP contribution in [0.4, 0.5) is 0 Å². The third kappa shape index (κ3) is 9.75. The fraction of sp³-hybridized carbons (Fsp3) is 0.923. The van der Waals surface area contributed by atoms with E-state index < -0.39 is 0 Å². The lowest BCUT2D eigenvalue weighted by atomic mass is 9.90. The Balaban J connectivity index is 3.16. The molecule has 0 aromatic carbocycles. The van der Waals surface area contributed by atoms with Crippen LogP contribution >= 0.6 is 0 Å². The molecule has 2 nitrogen and oxygen atoms in total. The van der Waals surface area contributed by atoms with E-state index in [4.69, 9.17) is 10.00 Å². The van der Waals surface area contributed by atoms with E-state index >= 15 is 0 Å². The zero-order chi connectivity index (χ0) is 11.6. The molecule has 0 fully saturated rings. The van der Waals surface area contributed by atoms with E-state index in [2.05, 4.69) is 13.0 Å². The largest absolute Gasteiger partial charge is 0.381 e. The molecule has 0 unspecified atom stereocenters. The topological polar surface area (TPSA) is 33.0 Å². The molecule has 0 aromatic heterocycles. The van der Waals surface area contributed by atoms with E-state index in [1.54, 1.807) is 0 Å². The van der Waals surface area contributed by atoms with Crippen LogP contribution in [0, 0.1) is 16.7 Å². The predicted molar refractivity (Wildman–Crippen MR) is 63.6 cm³/mol. The second-order valence-corrected chi connectivity index (χ2v) is 4.77. The lowest BCUT2D eigenvalue weighted by Gasteiger charge is -2.14. The van der Waals surface area contributed by atoms with Crippen molar-refractivity contribution in [1.82, 2.24) is 0 Å². The fourth-order valence-corrected chi connectivity index (χ4v) is 1.41. The molecule has 0 radical (unpaired) electrons. The van der Waals surface area contributed by atoms with Crippen LogP contribution in [0.5, 0.6) is 0 Å². The molecule has 0 saturated heterocycles. The molecule has 0 heterocycles. The summed E-state index contributed by atoms with van der Waals surface area (Å²) in [6.07, 6.45) is 6.96. The van der Waals surface area contributed by atoms with Gasteiger partial charge in [-0.3, -0.25) is 0 Å². The highest BCUT2D eigenvalue weighted by atomic mass is 16.5.